The molecule has 13 heteroatoms. The minimum Gasteiger partial charge on any atom is -0.325 e. The minimum absolute atomic E-state index is 0.338. The molecule has 0 radical (unpaired) electrons. The van der Waals surface area contributed by atoms with Crippen molar-refractivity contribution in [2.45, 2.75) is 28.9 Å². The van der Waals surface area contributed by atoms with Crippen LogP contribution < -0.4 is 15.1 Å². The Balaban J connectivity index is 1.28. The van der Waals surface area contributed by atoms with Gasteiger partial charge in [0.05, 0.1) is 22.2 Å². The van der Waals surface area contributed by atoms with Gasteiger partial charge in [0, 0.05) is 21.0 Å². The second kappa shape index (κ2) is 11.6. The highest BCUT2D eigenvalue weighted by Crippen LogP contribution is 2.54. The Labute approximate surface area is 276 Å². The normalized spacial score (nSPS) is 19.3. The van der Waals surface area contributed by atoms with Crippen molar-refractivity contribution in [3.8, 4) is 0 Å². The zero-order valence-electron chi connectivity index (χ0n) is 23.5. The van der Waals surface area contributed by atoms with Crippen molar-refractivity contribution in [3.05, 3.63) is 121 Å². The first-order valence-electron chi connectivity index (χ1n) is 14.0. The number of fused-ring (bicyclic) bond motifs is 3. The molecule has 0 aliphatic carbocycles. The number of carbonyl (C=O) groups is 3. The minimum atomic E-state index is -4.80. The number of nitrogens with one attached hydrogen (secondary N) is 1. The number of hydrogen-bond donors (Lipinski definition) is 1. The van der Waals surface area contributed by atoms with E-state index in [2.05, 4.69) is 21.2 Å². The molecule has 5 aromatic rings. The smallest absolute Gasteiger partial charge is 0.325 e. The van der Waals surface area contributed by atoms with Crippen molar-refractivity contribution in [1.29, 1.82) is 0 Å². The van der Waals surface area contributed by atoms with Gasteiger partial charge in [0.15, 0.2) is 0 Å². The number of anilines is 2. The van der Waals surface area contributed by atoms with Crippen LogP contribution in [-0.2, 0) is 27.1 Å². The van der Waals surface area contributed by atoms with Gasteiger partial charge in [-0.15, -0.1) is 0 Å². The fourth-order valence-corrected chi connectivity index (χ4v) is 9.08. The second-order valence-electron chi connectivity index (χ2n) is 10.9. The first-order valence-corrected chi connectivity index (χ1v) is 16.5. The Morgan fingerprint density at radius 1 is 0.870 bits per heavy atom. The van der Waals surface area contributed by atoms with Crippen LogP contribution in [0.3, 0.4) is 0 Å². The van der Waals surface area contributed by atoms with Crippen LogP contribution in [0.5, 0.6) is 0 Å². The summed E-state index contributed by atoms with van der Waals surface area (Å²) in [4.78, 5) is 55.2. The molecule has 2 aliphatic heterocycles. The van der Waals surface area contributed by atoms with Gasteiger partial charge in [-0.05, 0) is 52.7 Å². The number of para-hydroxylation sites is 1. The third-order valence-electron chi connectivity index (χ3n) is 8.06. The number of aromatic nitrogens is 1. The lowest BCUT2D eigenvalue weighted by Gasteiger charge is -2.30. The fourth-order valence-electron chi connectivity index (χ4n) is 6.04. The van der Waals surface area contributed by atoms with Gasteiger partial charge in [0.2, 0.25) is 17.7 Å². The number of nitrogens with zero attached hydrogens (tertiary/aromatic N) is 2. The summed E-state index contributed by atoms with van der Waals surface area (Å²) in [5.74, 6) is -3.95. The van der Waals surface area contributed by atoms with Crippen molar-refractivity contribution in [1.82, 2.24) is 4.57 Å². The summed E-state index contributed by atoms with van der Waals surface area (Å²) in [6, 6.07) is 24.6. The summed E-state index contributed by atoms with van der Waals surface area (Å²) < 4.78 is 44.0. The second-order valence-corrected chi connectivity index (χ2v) is 13.9. The van der Waals surface area contributed by atoms with Crippen LogP contribution in [-0.4, -0.2) is 27.5 Å². The third kappa shape index (κ3) is 5.25. The van der Waals surface area contributed by atoms with Gasteiger partial charge in [-0.25, -0.2) is 4.90 Å². The molecule has 7 rings (SSSR count). The zero-order chi connectivity index (χ0) is 32.3. The predicted molar refractivity (Wildman–Crippen MR) is 174 cm³/mol. The number of halogens is 4. The Hall–Kier alpha value is -4.20. The van der Waals surface area contributed by atoms with Crippen LogP contribution in [0.25, 0.3) is 10.8 Å². The lowest BCUT2D eigenvalue weighted by atomic mass is 9.83. The highest BCUT2D eigenvalue weighted by atomic mass is 79.9. The number of thioether (sulfide) groups is 1. The maximum absolute atomic E-state index is 14.0. The molecule has 0 bridgehead atoms. The van der Waals surface area contributed by atoms with E-state index < -0.39 is 57.1 Å². The zero-order valence-corrected chi connectivity index (χ0v) is 26.7. The van der Waals surface area contributed by atoms with Crippen LogP contribution >= 0.6 is 39.0 Å². The molecule has 3 heterocycles. The quantitative estimate of drug-likeness (QED) is 0.193. The topological polar surface area (TPSA) is 88.5 Å². The summed E-state index contributed by atoms with van der Waals surface area (Å²) >= 11 is 5.20. The van der Waals surface area contributed by atoms with Gasteiger partial charge in [0.25, 0.3) is 0 Å². The summed E-state index contributed by atoms with van der Waals surface area (Å²) in [5, 5.41) is 3.95. The Morgan fingerprint density at radius 3 is 2.30 bits per heavy atom. The van der Waals surface area contributed by atoms with E-state index in [1.54, 1.807) is 30.3 Å². The van der Waals surface area contributed by atoms with E-state index in [1.807, 2.05) is 36.4 Å². The molecule has 3 amide bonds. The summed E-state index contributed by atoms with van der Waals surface area (Å²) in [6.07, 6.45) is -4.80. The summed E-state index contributed by atoms with van der Waals surface area (Å²) in [7, 11) is 0. The Morgan fingerprint density at radius 2 is 1.57 bits per heavy atom. The molecular formula is C33H21BrF3N3O4S2. The number of carbonyl (C=O) groups excluding carboxylic acids is 3. The largest absolute Gasteiger partial charge is 0.418 e. The number of hydrogen-bond acceptors (Lipinski definition) is 6. The van der Waals surface area contributed by atoms with E-state index >= 15 is 0 Å². The maximum Gasteiger partial charge on any atom is 0.418 e. The Kier molecular flexibility index (Phi) is 7.65. The van der Waals surface area contributed by atoms with Gasteiger partial charge in [-0.3, -0.25) is 23.7 Å². The number of alkyl halides is 3. The van der Waals surface area contributed by atoms with Crippen molar-refractivity contribution in [3.63, 3.8) is 0 Å². The van der Waals surface area contributed by atoms with Gasteiger partial charge in [-0.1, -0.05) is 93.6 Å². The van der Waals surface area contributed by atoms with Crippen LogP contribution in [0.4, 0.5) is 24.5 Å². The van der Waals surface area contributed by atoms with Crippen molar-refractivity contribution >= 4 is 78.9 Å². The molecular weight excluding hydrogens is 703 g/mol. The van der Waals surface area contributed by atoms with Gasteiger partial charge < -0.3 is 5.32 Å². The van der Waals surface area contributed by atoms with Crippen molar-refractivity contribution in [2.75, 3.05) is 10.2 Å². The van der Waals surface area contributed by atoms with Crippen molar-refractivity contribution in [2.24, 2.45) is 5.92 Å². The van der Waals surface area contributed by atoms with E-state index in [1.165, 1.54) is 16.7 Å². The number of benzene rings is 4. The van der Waals surface area contributed by atoms with E-state index in [0.717, 1.165) is 50.5 Å². The number of imide groups is 1. The average Bonchev–Trinajstić information content (AvgIpc) is 3.47. The van der Waals surface area contributed by atoms with Crippen LogP contribution in [0.2, 0.25) is 0 Å². The van der Waals surface area contributed by atoms with Crippen LogP contribution in [0, 0.1) is 5.92 Å². The third-order valence-corrected chi connectivity index (χ3v) is 11.2. The molecule has 1 aromatic heterocycles. The monoisotopic (exact) mass is 723 g/mol. The molecule has 3 atom stereocenters. The number of rotatable bonds is 5. The van der Waals surface area contributed by atoms with Crippen LogP contribution in [0.15, 0.2) is 105 Å². The van der Waals surface area contributed by atoms with E-state index in [0.29, 0.717) is 26.1 Å². The fraction of sp³-hybridized carbons (Fsp3) is 0.152. The van der Waals surface area contributed by atoms with Gasteiger partial charge >= 0.3 is 11.0 Å². The first kappa shape index (κ1) is 30.5. The highest BCUT2D eigenvalue weighted by molar-refractivity contribution is 9.10. The average molecular weight is 725 g/mol. The van der Waals surface area contributed by atoms with Crippen LogP contribution in [0.1, 0.15) is 21.9 Å². The molecule has 0 saturated carbocycles. The SMILES string of the molecule is O=C(Cn1c2c(sc1=O)[C@H](c1ccc(Br)cc1)C1C(=O)N(c3ccccc3C(F)(F)F)C(=O)C1S2)Nc1ccc2ccccc2c1. The lowest BCUT2D eigenvalue weighted by Crippen LogP contribution is -2.33. The predicted octanol–water partition coefficient (Wildman–Crippen LogP) is 7.28. The maximum atomic E-state index is 14.0. The lowest BCUT2D eigenvalue weighted by molar-refractivity contribution is -0.137. The van der Waals surface area contributed by atoms with E-state index in [4.69, 9.17) is 0 Å². The first-order chi connectivity index (χ1) is 22.0. The number of thiazole rings is 1. The molecule has 1 N–H and O–H groups in total. The van der Waals surface area contributed by atoms with E-state index in [-0.39, 0.29) is 6.54 Å². The number of amides is 3. The summed E-state index contributed by atoms with van der Waals surface area (Å²) in [5.41, 5.74) is -0.486. The van der Waals surface area contributed by atoms with E-state index in [9.17, 15) is 32.3 Å². The molecule has 0 spiro atoms. The molecule has 232 valence electrons. The molecule has 1 fully saturated rings. The molecule has 2 unspecified atom stereocenters. The summed E-state index contributed by atoms with van der Waals surface area (Å²) in [6.45, 7) is -0.363. The molecule has 46 heavy (non-hydrogen) atoms. The molecule has 7 nitrogen and oxygen atoms in total. The standard InChI is InChI=1S/C33H21BrF3N3O4S2/c34-20-12-9-18(10-13-20)25-26-27(30(43)40(29(26)42)23-8-4-3-7-22(23)33(35,36)37)45-31-28(25)46-32(44)39(31)16-24(41)38-21-14-11-17-5-1-2-6-19(17)15-21/h1-15,25-27H,16H2,(H,38,41)/t25-,26?,27?/m1/s1. The highest BCUT2D eigenvalue weighted by Gasteiger charge is 2.57. The van der Waals surface area contributed by atoms with Gasteiger partial charge in [0.1, 0.15) is 11.8 Å². The molecule has 2 aliphatic rings. The van der Waals surface area contributed by atoms with Crippen molar-refractivity contribution < 1.29 is 27.6 Å². The Bertz CT molecular complexity index is 2110. The van der Waals surface area contributed by atoms with Gasteiger partial charge in [-0.2, -0.15) is 13.2 Å². The molecule has 4 aromatic carbocycles. The molecule has 1 saturated heterocycles.